The van der Waals surface area contributed by atoms with Crippen LogP contribution in [0.15, 0.2) is 85.8 Å². The first-order chi connectivity index (χ1) is 15.7. The van der Waals surface area contributed by atoms with E-state index in [9.17, 15) is 4.79 Å². The molecule has 5 rings (SSSR count). The van der Waals surface area contributed by atoms with Gasteiger partial charge in [-0.25, -0.2) is 4.98 Å². The van der Waals surface area contributed by atoms with Crippen LogP contribution in [0.25, 0.3) is 28.2 Å². The molecule has 0 amide bonds. The normalized spacial score (nSPS) is 11.2. The molecule has 0 aliphatic carbocycles. The molecule has 0 fully saturated rings. The van der Waals surface area contributed by atoms with Gasteiger partial charge in [-0.05, 0) is 55.5 Å². The van der Waals surface area contributed by atoms with Gasteiger partial charge in [-0.3, -0.25) is 9.36 Å². The minimum atomic E-state index is -0.147. The van der Waals surface area contributed by atoms with E-state index in [1.54, 1.807) is 29.0 Å². The van der Waals surface area contributed by atoms with Crippen LogP contribution in [0.4, 0.5) is 0 Å². The molecule has 32 heavy (non-hydrogen) atoms. The van der Waals surface area contributed by atoms with Gasteiger partial charge in [-0.2, -0.15) is 4.98 Å². The number of rotatable bonds is 7. The third kappa shape index (κ3) is 3.90. The van der Waals surface area contributed by atoms with E-state index >= 15 is 0 Å². The van der Waals surface area contributed by atoms with Crippen molar-refractivity contribution in [3.05, 3.63) is 83.1 Å². The summed E-state index contributed by atoms with van der Waals surface area (Å²) in [6, 6.07) is 18.2. The Bertz CT molecular complexity index is 1410. The lowest BCUT2D eigenvalue weighted by Crippen LogP contribution is -2.21. The molecule has 8 nitrogen and oxygen atoms in total. The summed E-state index contributed by atoms with van der Waals surface area (Å²) < 4.78 is 17.7. The largest absolute Gasteiger partial charge is 0.494 e. The van der Waals surface area contributed by atoms with Gasteiger partial charge in [0.2, 0.25) is 0 Å². The van der Waals surface area contributed by atoms with E-state index in [1.807, 2.05) is 49.4 Å². The van der Waals surface area contributed by atoms with Gasteiger partial charge in [0.25, 0.3) is 11.4 Å². The third-order valence-corrected chi connectivity index (χ3v) is 5.62. The summed E-state index contributed by atoms with van der Waals surface area (Å²) >= 11 is 1.35. The van der Waals surface area contributed by atoms with Crippen molar-refractivity contribution in [2.45, 2.75) is 17.8 Å². The number of benzene rings is 2. The van der Waals surface area contributed by atoms with E-state index in [1.165, 1.54) is 11.8 Å². The Kier molecular flexibility index (Phi) is 5.47. The molecule has 0 aliphatic rings. The average molecular weight is 446 g/mol. The Hall–Kier alpha value is -3.85. The molecule has 0 radical (unpaired) electrons. The van der Waals surface area contributed by atoms with Crippen molar-refractivity contribution in [3.63, 3.8) is 0 Å². The van der Waals surface area contributed by atoms with Crippen LogP contribution in [-0.2, 0) is 5.75 Å². The van der Waals surface area contributed by atoms with Crippen LogP contribution in [0.3, 0.4) is 0 Å². The number of thioether (sulfide) groups is 1. The second-order valence-electron chi connectivity index (χ2n) is 6.76. The maximum Gasteiger partial charge on any atom is 0.293 e. The second-order valence-corrected chi connectivity index (χ2v) is 7.70. The van der Waals surface area contributed by atoms with Gasteiger partial charge in [0.15, 0.2) is 16.7 Å². The molecule has 0 spiro atoms. The van der Waals surface area contributed by atoms with Crippen molar-refractivity contribution < 1.29 is 13.7 Å². The lowest BCUT2D eigenvalue weighted by atomic mass is 10.2. The predicted molar refractivity (Wildman–Crippen MR) is 120 cm³/mol. The van der Waals surface area contributed by atoms with E-state index in [0.29, 0.717) is 51.6 Å². The average Bonchev–Trinajstić information content (AvgIpc) is 3.51. The molecule has 0 aliphatic heterocycles. The SMILES string of the molecule is CCOc1ccc(-n2c(SCc3noc(-c4ccco4)n3)nc3ccccc3c2=O)cc1. The molecule has 9 heteroatoms. The van der Waals surface area contributed by atoms with Crippen LogP contribution in [0.1, 0.15) is 12.7 Å². The van der Waals surface area contributed by atoms with Crippen molar-refractivity contribution >= 4 is 22.7 Å². The molecule has 3 heterocycles. The van der Waals surface area contributed by atoms with Crippen molar-refractivity contribution in [2.75, 3.05) is 6.61 Å². The third-order valence-electron chi connectivity index (χ3n) is 4.68. The highest BCUT2D eigenvalue weighted by Crippen LogP contribution is 2.26. The molecule has 0 saturated heterocycles. The maximum absolute atomic E-state index is 13.3. The van der Waals surface area contributed by atoms with Crippen LogP contribution < -0.4 is 10.3 Å². The Morgan fingerprint density at radius 1 is 1.03 bits per heavy atom. The van der Waals surface area contributed by atoms with Crippen LogP contribution in [0.5, 0.6) is 5.75 Å². The van der Waals surface area contributed by atoms with E-state index in [2.05, 4.69) is 10.1 Å². The van der Waals surface area contributed by atoms with Crippen molar-refractivity contribution in [1.29, 1.82) is 0 Å². The van der Waals surface area contributed by atoms with Gasteiger partial charge in [0.05, 0.1) is 35.2 Å². The first kappa shape index (κ1) is 20.1. The fourth-order valence-corrected chi connectivity index (χ4v) is 4.09. The number of furan rings is 1. The minimum absolute atomic E-state index is 0.147. The molecule has 160 valence electrons. The van der Waals surface area contributed by atoms with Gasteiger partial charge >= 0.3 is 0 Å². The number of ether oxygens (including phenoxy) is 1. The van der Waals surface area contributed by atoms with Crippen LogP contribution >= 0.6 is 11.8 Å². The number of fused-ring (bicyclic) bond motifs is 1. The molecule has 2 aromatic carbocycles. The molecule has 0 unspecified atom stereocenters. The Morgan fingerprint density at radius 2 is 1.88 bits per heavy atom. The molecule has 5 aromatic rings. The van der Waals surface area contributed by atoms with Crippen LogP contribution in [-0.4, -0.2) is 26.3 Å². The summed E-state index contributed by atoms with van der Waals surface area (Å²) in [7, 11) is 0. The van der Waals surface area contributed by atoms with Crippen LogP contribution in [0, 0.1) is 0 Å². The van der Waals surface area contributed by atoms with Crippen LogP contribution in [0.2, 0.25) is 0 Å². The van der Waals surface area contributed by atoms with Crippen molar-refractivity contribution in [3.8, 4) is 23.1 Å². The number of nitrogens with zero attached hydrogens (tertiary/aromatic N) is 4. The Labute approximate surface area is 186 Å². The van der Waals surface area contributed by atoms with E-state index in [4.69, 9.17) is 18.7 Å². The second kappa shape index (κ2) is 8.72. The summed E-state index contributed by atoms with van der Waals surface area (Å²) in [5, 5.41) is 5.08. The lowest BCUT2D eigenvalue weighted by Gasteiger charge is -2.13. The standard InChI is InChI=1S/C23H18N4O4S/c1-2-29-16-11-9-15(10-12-16)27-22(28)17-6-3-4-7-18(17)24-23(27)32-14-20-25-21(31-26-20)19-8-5-13-30-19/h3-13H,2,14H2,1H3. The molecule has 0 atom stereocenters. The van der Waals surface area contributed by atoms with Gasteiger partial charge < -0.3 is 13.7 Å². The highest BCUT2D eigenvalue weighted by Gasteiger charge is 2.16. The minimum Gasteiger partial charge on any atom is -0.494 e. The summed E-state index contributed by atoms with van der Waals surface area (Å²) in [6.45, 7) is 2.50. The van der Waals surface area contributed by atoms with Gasteiger partial charge in [-0.15, -0.1) is 0 Å². The number of hydrogen-bond donors (Lipinski definition) is 0. The Morgan fingerprint density at radius 3 is 2.66 bits per heavy atom. The van der Waals surface area contributed by atoms with E-state index in [-0.39, 0.29) is 5.56 Å². The summed E-state index contributed by atoms with van der Waals surface area (Å²) in [5.74, 6) is 2.39. The molecule has 3 aromatic heterocycles. The summed E-state index contributed by atoms with van der Waals surface area (Å²) in [6.07, 6.45) is 1.54. The molecular formula is C23H18N4O4S. The van der Waals surface area contributed by atoms with Crippen molar-refractivity contribution in [1.82, 2.24) is 19.7 Å². The summed E-state index contributed by atoms with van der Waals surface area (Å²) in [5.41, 5.74) is 1.18. The van der Waals surface area contributed by atoms with E-state index in [0.717, 1.165) is 5.75 Å². The maximum atomic E-state index is 13.3. The topological polar surface area (TPSA) is 96.2 Å². The van der Waals surface area contributed by atoms with Gasteiger partial charge in [0, 0.05) is 0 Å². The first-order valence-corrected chi connectivity index (χ1v) is 11.0. The highest BCUT2D eigenvalue weighted by atomic mass is 32.2. The molecule has 0 bridgehead atoms. The number of para-hydroxylation sites is 1. The molecule has 0 N–H and O–H groups in total. The lowest BCUT2D eigenvalue weighted by molar-refractivity contribution is 0.340. The molecular weight excluding hydrogens is 428 g/mol. The quantitative estimate of drug-likeness (QED) is 0.262. The predicted octanol–water partition coefficient (Wildman–Crippen LogP) is 4.72. The highest BCUT2D eigenvalue weighted by molar-refractivity contribution is 7.98. The summed E-state index contributed by atoms with van der Waals surface area (Å²) in [4.78, 5) is 22.4. The Balaban J connectivity index is 1.51. The van der Waals surface area contributed by atoms with E-state index < -0.39 is 0 Å². The van der Waals surface area contributed by atoms with Gasteiger partial charge in [0.1, 0.15) is 5.75 Å². The number of hydrogen-bond acceptors (Lipinski definition) is 8. The van der Waals surface area contributed by atoms with Gasteiger partial charge in [-0.1, -0.05) is 29.1 Å². The number of aromatic nitrogens is 4. The first-order valence-electron chi connectivity index (χ1n) is 9.97. The smallest absolute Gasteiger partial charge is 0.293 e. The fraction of sp³-hybridized carbons (Fsp3) is 0.130. The molecule has 0 saturated carbocycles. The monoisotopic (exact) mass is 446 g/mol. The van der Waals surface area contributed by atoms with Crippen molar-refractivity contribution in [2.24, 2.45) is 0 Å². The fourth-order valence-electron chi connectivity index (χ4n) is 3.24. The zero-order valence-electron chi connectivity index (χ0n) is 17.1. The zero-order chi connectivity index (χ0) is 21.9. The zero-order valence-corrected chi connectivity index (χ0v) is 17.9.